The first-order valence-electron chi connectivity index (χ1n) is 7.94. The molecule has 34 heavy (non-hydrogen) atoms. The molecule has 18 heteroatoms. The van der Waals surface area contributed by atoms with Gasteiger partial charge in [0.05, 0.1) is 0 Å². The van der Waals surface area contributed by atoms with Crippen LogP contribution < -0.4 is 5.73 Å². The van der Waals surface area contributed by atoms with E-state index in [-0.39, 0.29) is 18.1 Å². The van der Waals surface area contributed by atoms with Gasteiger partial charge in [-0.2, -0.15) is 48.3 Å². The molecule has 0 aliphatic rings. The molecule has 0 rings (SSSR count). The van der Waals surface area contributed by atoms with Crippen molar-refractivity contribution in [2.45, 2.75) is 56.7 Å². The molecule has 0 aliphatic heterocycles. The molecule has 0 radical (unpaired) electrons. The van der Waals surface area contributed by atoms with Gasteiger partial charge in [-0.15, -0.1) is 0 Å². The summed E-state index contributed by atoms with van der Waals surface area (Å²) in [7, 11) is 0. The third-order valence-electron chi connectivity index (χ3n) is 3.10. The number of rotatable bonds is 7. The molecule has 0 bridgehead atoms. The monoisotopic (exact) mass is 529 g/mol. The lowest BCUT2D eigenvalue weighted by Crippen LogP contribution is -2.68. The van der Waals surface area contributed by atoms with Crippen LogP contribution in [0.5, 0.6) is 0 Å². The van der Waals surface area contributed by atoms with E-state index in [1.807, 2.05) is 0 Å². The maximum absolute atomic E-state index is 13.1. The summed E-state index contributed by atoms with van der Waals surface area (Å²) < 4.78 is 141. The number of amides is 1. The molecule has 0 aromatic rings. The standard InChI is InChI=1S/C8H6F11NO2.2C4H6O2/c1-2(22-3(20)21)4(9,10)5(11,12)6(13,14)7(15,16)8(17,18)19;2*1-3(2)4(5)6/h2H,1H3,(H2,20,21);2*1H2,2H3,(H,5,6). The molecule has 7 nitrogen and oxygen atoms in total. The van der Waals surface area contributed by atoms with Crippen LogP contribution in [0.2, 0.25) is 0 Å². The van der Waals surface area contributed by atoms with Gasteiger partial charge in [-0.3, -0.25) is 0 Å². The number of hydrogen-bond acceptors (Lipinski definition) is 4. The van der Waals surface area contributed by atoms with Crippen LogP contribution in [0.15, 0.2) is 24.3 Å². The second-order valence-corrected chi connectivity index (χ2v) is 6.09. The Hall–Kier alpha value is -3.08. The molecule has 200 valence electrons. The third kappa shape index (κ3) is 8.69. The summed E-state index contributed by atoms with van der Waals surface area (Å²) in [6.45, 7) is 9.05. The van der Waals surface area contributed by atoms with Gasteiger partial charge >= 0.3 is 47.9 Å². The SMILES string of the molecule is C=C(C)C(=O)O.C=C(C)C(=O)O.CC(OC(N)=O)C(F)(F)C(F)(F)C(F)(F)C(F)(F)C(F)(F)F. The van der Waals surface area contributed by atoms with Gasteiger partial charge in [0.2, 0.25) is 0 Å². The Bertz CT molecular complexity index is 730. The minimum absolute atomic E-state index is 0.152. The van der Waals surface area contributed by atoms with Gasteiger partial charge in [0.1, 0.15) is 0 Å². The Morgan fingerprint density at radius 2 is 1.00 bits per heavy atom. The fourth-order valence-electron chi connectivity index (χ4n) is 1.09. The van der Waals surface area contributed by atoms with Crippen molar-refractivity contribution in [2.24, 2.45) is 5.73 Å². The van der Waals surface area contributed by atoms with E-state index in [0.717, 1.165) is 0 Å². The number of alkyl halides is 11. The Balaban J connectivity index is -0.000000653. The molecular weight excluding hydrogens is 511 g/mol. The summed E-state index contributed by atoms with van der Waals surface area (Å²) in [5.74, 6) is -30.4. The van der Waals surface area contributed by atoms with Crippen LogP contribution in [-0.4, -0.2) is 64.2 Å². The molecule has 0 aromatic carbocycles. The van der Waals surface area contributed by atoms with Crippen LogP contribution in [0.25, 0.3) is 0 Å². The van der Waals surface area contributed by atoms with Crippen molar-refractivity contribution in [1.29, 1.82) is 0 Å². The molecule has 0 spiro atoms. The average molecular weight is 529 g/mol. The molecule has 0 aliphatic carbocycles. The van der Waals surface area contributed by atoms with Gasteiger partial charge < -0.3 is 20.7 Å². The van der Waals surface area contributed by atoms with Crippen LogP contribution in [-0.2, 0) is 14.3 Å². The highest BCUT2D eigenvalue weighted by atomic mass is 19.4. The number of aliphatic carboxylic acids is 2. The molecule has 0 fully saturated rings. The Morgan fingerprint density at radius 1 is 0.735 bits per heavy atom. The highest BCUT2D eigenvalue weighted by molar-refractivity contribution is 5.85. The number of carbonyl (C=O) groups excluding carboxylic acids is 1. The highest BCUT2D eigenvalue weighted by Crippen LogP contribution is 2.58. The second-order valence-electron chi connectivity index (χ2n) is 6.09. The van der Waals surface area contributed by atoms with Gasteiger partial charge in [0.15, 0.2) is 6.10 Å². The highest BCUT2D eigenvalue weighted by Gasteiger charge is 2.88. The maximum Gasteiger partial charge on any atom is 0.460 e. The molecule has 0 saturated heterocycles. The van der Waals surface area contributed by atoms with E-state index in [1.165, 1.54) is 13.8 Å². The van der Waals surface area contributed by atoms with Crippen molar-refractivity contribution in [1.82, 2.24) is 0 Å². The lowest BCUT2D eigenvalue weighted by atomic mass is 9.95. The molecule has 0 saturated carbocycles. The molecule has 0 heterocycles. The van der Waals surface area contributed by atoms with E-state index >= 15 is 0 Å². The number of nitrogens with two attached hydrogens (primary N) is 1. The number of carbonyl (C=O) groups is 3. The number of halogens is 11. The molecule has 1 amide bonds. The van der Waals surface area contributed by atoms with Crippen molar-refractivity contribution < 1.29 is 77.6 Å². The summed E-state index contributed by atoms with van der Waals surface area (Å²) in [5, 5.41) is 15.8. The summed E-state index contributed by atoms with van der Waals surface area (Å²) in [6.07, 6.45) is -12.9. The van der Waals surface area contributed by atoms with Crippen molar-refractivity contribution >= 4 is 18.0 Å². The smallest absolute Gasteiger partial charge is 0.460 e. The first-order valence-corrected chi connectivity index (χ1v) is 7.94. The first kappa shape index (κ1) is 35.5. The van der Waals surface area contributed by atoms with Crippen LogP contribution in [0.1, 0.15) is 20.8 Å². The van der Waals surface area contributed by atoms with E-state index in [1.54, 1.807) is 0 Å². The van der Waals surface area contributed by atoms with Gasteiger partial charge in [-0.25, -0.2) is 14.4 Å². The minimum Gasteiger partial charge on any atom is -0.478 e. The maximum atomic E-state index is 13.1. The van der Waals surface area contributed by atoms with E-state index in [4.69, 9.17) is 10.2 Å². The van der Waals surface area contributed by atoms with Crippen molar-refractivity contribution in [3.8, 4) is 0 Å². The average Bonchev–Trinajstić information content (AvgIpc) is 2.60. The Labute approximate surface area is 183 Å². The van der Waals surface area contributed by atoms with Gasteiger partial charge in [-0.05, 0) is 20.8 Å². The quantitative estimate of drug-likeness (QED) is 0.319. The molecule has 1 unspecified atom stereocenters. The number of hydrogen-bond donors (Lipinski definition) is 3. The largest absolute Gasteiger partial charge is 0.478 e. The zero-order chi connectivity index (χ0) is 28.7. The van der Waals surface area contributed by atoms with Crippen LogP contribution in [0.4, 0.5) is 53.1 Å². The zero-order valence-corrected chi connectivity index (χ0v) is 17.3. The van der Waals surface area contributed by atoms with Crippen LogP contribution in [0, 0.1) is 0 Å². The van der Waals surface area contributed by atoms with Gasteiger partial charge in [-0.1, -0.05) is 13.2 Å². The van der Waals surface area contributed by atoms with E-state index < -0.39 is 54.0 Å². The van der Waals surface area contributed by atoms with Crippen molar-refractivity contribution in [2.75, 3.05) is 0 Å². The Morgan fingerprint density at radius 3 is 1.18 bits per heavy atom. The first-order chi connectivity index (χ1) is 14.6. The molecule has 0 aromatic heterocycles. The molecular formula is C16H18F11NO6. The normalized spacial score (nSPS) is 13.2. The molecule has 4 N–H and O–H groups in total. The predicted molar refractivity (Wildman–Crippen MR) is 90.9 cm³/mol. The fourth-order valence-corrected chi connectivity index (χ4v) is 1.09. The summed E-state index contributed by atoms with van der Waals surface area (Å²) in [5.41, 5.74) is 4.49. The van der Waals surface area contributed by atoms with Gasteiger partial charge in [0, 0.05) is 11.1 Å². The lowest BCUT2D eigenvalue weighted by molar-refractivity contribution is -0.427. The summed E-state index contributed by atoms with van der Waals surface area (Å²) in [6, 6.07) is 0. The number of carboxylic acid groups (broad SMARTS) is 2. The van der Waals surface area contributed by atoms with E-state index in [0.29, 0.717) is 0 Å². The van der Waals surface area contributed by atoms with Crippen molar-refractivity contribution in [3.63, 3.8) is 0 Å². The van der Waals surface area contributed by atoms with Gasteiger partial charge in [0.25, 0.3) is 0 Å². The van der Waals surface area contributed by atoms with E-state index in [2.05, 4.69) is 23.6 Å². The lowest BCUT2D eigenvalue weighted by Gasteiger charge is -2.38. The fraction of sp³-hybridized carbons (Fsp3) is 0.562. The summed E-state index contributed by atoms with van der Waals surface area (Å²) in [4.78, 5) is 29.3. The van der Waals surface area contributed by atoms with Crippen molar-refractivity contribution in [3.05, 3.63) is 24.3 Å². The molecule has 1 atom stereocenters. The Kier molecular flexibility index (Phi) is 12.4. The third-order valence-corrected chi connectivity index (χ3v) is 3.10. The number of primary amides is 1. The number of ether oxygens (including phenoxy) is 1. The predicted octanol–water partition coefficient (Wildman–Crippen LogP) is 4.87. The van der Waals surface area contributed by atoms with Crippen LogP contribution in [0.3, 0.4) is 0 Å². The minimum atomic E-state index is -7.54. The topological polar surface area (TPSA) is 127 Å². The number of carboxylic acids is 2. The summed E-state index contributed by atoms with van der Waals surface area (Å²) >= 11 is 0. The van der Waals surface area contributed by atoms with Crippen LogP contribution >= 0.6 is 0 Å². The zero-order valence-electron chi connectivity index (χ0n) is 17.3. The van der Waals surface area contributed by atoms with E-state index in [9.17, 15) is 62.7 Å². The second kappa shape index (κ2) is 11.9.